The van der Waals surface area contributed by atoms with E-state index < -0.39 is 0 Å². The summed E-state index contributed by atoms with van der Waals surface area (Å²) in [6.45, 7) is 10.8. The van der Waals surface area contributed by atoms with Gasteiger partial charge in [0.25, 0.3) is 0 Å². The van der Waals surface area contributed by atoms with Crippen molar-refractivity contribution >= 4 is 0 Å². The van der Waals surface area contributed by atoms with Crippen LogP contribution >= 0.6 is 0 Å². The highest BCUT2D eigenvalue weighted by Gasteiger charge is 2.02. The molecule has 0 amide bonds. The topological polar surface area (TPSA) is 0 Å². The third-order valence-corrected chi connectivity index (χ3v) is 2.56. The van der Waals surface area contributed by atoms with Gasteiger partial charge in [-0.2, -0.15) is 0 Å². The maximum atomic E-state index is 4.01. The lowest BCUT2D eigenvalue weighted by Gasteiger charge is -2.11. The fourth-order valence-corrected chi connectivity index (χ4v) is 1.28. The molecule has 0 aliphatic heterocycles. The first-order chi connectivity index (χ1) is 5.24. The minimum absolute atomic E-state index is 0.929. The van der Waals surface area contributed by atoms with Crippen molar-refractivity contribution in [3.63, 3.8) is 0 Å². The van der Waals surface area contributed by atoms with Gasteiger partial charge in [0.2, 0.25) is 0 Å². The van der Waals surface area contributed by atoms with Crippen molar-refractivity contribution in [2.45, 2.75) is 52.9 Å². The Balaban J connectivity index is 3.42. The highest BCUT2D eigenvalue weighted by Crippen LogP contribution is 2.18. The third-order valence-electron chi connectivity index (χ3n) is 2.56. The molecule has 0 aromatic heterocycles. The molecule has 0 fully saturated rings. The molecule has 66 valence electrons. The van der Waals surface area contributed by atoms with Crippen LogP contribution in [0.15, 0.2) is 12.2 Å². The molecule has 0 heterocycles. The van der Waals surface area contributed by atoms with Gasteiger partial charge in [-0.05, 0) is 25.2 Å². The van der Waals surface area contributed by atoms with Crippen molar-refractivity contribution in [1.82, 2.24) is 0 Å². The summed E-state index contributed by atoms with van der Waals surface area (Å²) in [7, 11) is 0. The Kier molecular flexibility index (Phi) is 6.30. The fourth-order valence-electron chi connectivity index (χ4n) is 1.28. The Hall–Kier alpha value is -0.260. The van der Waals surface area contributed by atoms with Gasteiger partial charge in [-0.15, -0.1) is 0 Å². The van der Waals surface area contributed by atoms with Gasteiger partial charge in [-0.25, -0.2) is 0 Å². The molecule has 0 unspecified atom stereocenters. The molecular formula is C11H22. The molecule has 11 heavy (non-hydrogen) atoms. The molecule has 0 N–H and O–H groups in total. The first kappa shape index (κ1) is 10.7. The van der Waals surface area contributed by atoms with Gasteiger partial charge in [0.15, 0.2) is 0 Å². The van der Waals surface area contributed by atoms with Gasteiger partial charge in [0.05, 0.1) is 0 Å². The lowest BCUT2D eigenvalue weighted by Crippen LogP contribution is -1.96. The largest absolute Gasteiger partial charge is 0.0999 e. The molecule has 0 aromatic rings. The summed E-state index contributed by atoms with van der Waals surface area (Å²) in [5.74, 6) is 0.929. The summed E-state index contributed by atoms with van der Waals surface area (Å²) in [6.07, 6.45) is 6.39. The number of allylic oxidation sites excluding steroid dienone is 1. The molecule has 0 atom stereocenters. The first-order valence-corrected chi connectivity index (χ1v) is 4.91. The van der Waals surface area contributed by atoms with Crippen LogP contribution < -0.4 is 0 Å². The van der Waals surface area contributed by atoms with Crippen molar-refractivity contribution in [3.05, 3.63) is 12.2 Å². The quantitative estimate of drug-likeness (QED) is 0.504. The van der Waals surface area contributed by atoms with Crippen LogP contribution in [0, 0.1) is 5.92 Å². The van der Waals surface area contributed by atoms with E-state index in [0.717, 1.165) is 12.3 Å². The molecule has 0 spiro atoms. The van der Waals surface area contributed by atoms with Crippen molar-refractivity contribution in [3.8, 4) is 0 Å². The van der Waals surface area contributed by atoms with E-state index in [9.17, 15) is 0 Å². The minimum atomic E-state index is 0.929. The zero-order valence-corrected chi connectivity index (χ0v) is 8.32. The Bertz CT molecular complexity index is 98.6. The highest BCUT2D eigenvalue weighted by atomic mass is 14.1. The van der Waals surface area contributed by atoms with Gasteiger partial charge in [-0.3, -0.25) is 0 Å². The summed E-state index contributed by atoms with van der Waals surface area (Å²) in [4.78, 5) is 0. The smallest absolute Gasteiger partial charge is 0.0320 e. The summed E-state index contributed by atoms with van der Waals surface area (Å²) >= 11 is 0. The number of hydrogen-bond acceptors (Lipinski definition) is 0. The van der Waals surface area contributed by atoms with Crippen LogP contribution in [0.3, 0.4) is 0 Å². The van der Waals surface area contributed by atoms with Crippen LogP contribution in [0.5, 0.6) is 0 Å². The molecular weight excluding hydrogens is 132 g/mol. The average Bonchev–Trinajstić information content (AvgIpc) is 2.06. The summed E-state index contributed by atoms with van der Waals surface area (Å²) in [5.41, 5.74) is 1.41. The van der Waals surface area contributed by atoms with Crippen molar-refractivity contribution in [2.75, 3.05) is 0 Å². The van der Waals surface area contributed by atoms with Crippen molar-refractivity contribution in [2.24, 2.45) is 5.92 Å². The van der Waals surface area contributed by atoms with Crippen LogP contribution in [0.25, 0.3) is 0 Å². The minimum Gasteiger partial charge on any atom is -0.0999 e. The molecule has 0 radical (unpaired) electrons. The van der Waals surface area contributed by atoms with E-state index in [2.05, 4.69) is 27.4 Å². The maximum absolute atomic E-state index is 4.01. The molecule has 0 bridgehead atoms. The van der Waals surface area contributed by atoms with Crippen LogP contribution in [-0.4, -0.2) is 0 Å². The normalized spacial score (nSPS) is 10.5. The molecule has 0 aromatic carbocycles. The van der Waals surface area contributed by atoms with E-state index in [-0.39, 0.29) is 0 Å². The van der Waals surface area contributed by atoms with E-state index in [1.807, 2.05) is 0 Å². The van der Waals surface area contributed by atoms with Crippen LogP contribution in [0.2, 0.25) is 0 Å². The van der Waals surface area contributed by atoms with E-state index in [1.54, 1.807) is 0 Å². The SMILES string of the molecule is C=C(CC)CCC(CC)CC. The zero-order valence-electron chi connectivity index (χ0n) is 8.32. The highest BCUT2D eigenvalue weighted by molar-refractivity contribution is 4.92. The lowest BCUT2D eigenvalue weighted by atomic mass is 9.95. The molecule has 0 rings (SSSR count). The number of rotatable bonds is 6. The second kappa shape index (κ2) is 6.45. The Morgan fingerprint density at radius 3 is 2.09 bits per heavy atom. The van der Waals surface area contributed by atoms with Crippen LogP contribution in [-0.2, 0) is 0 Å². The lowest BCUT2D eigenvalue weighted by molar-refractivity contribution is 0.454. The van der Waals surface area contributed by atoms with Crippen molar-refractivity contribution < 1.29 is 0 Å². The molecule has 0 saturated heterocycles. The molecule has 0 heteroatoms. The third kappa shape index (κ3) is 5.06. The van der Waals surface area contributed by atoms with Gasteiger partial charge in [-0.1, -0.05) is 45.8 Å². The first-order valence-electron chi connectivity index (χ1n) is 4.91. The molecule has 0 saturated carbocycles. The molecule has 0 aliphatic carbocycles. The number of hydrogen-bond donors (Lipinski definition) is 0. The van der Waals surface area contributed by atoms with E-state index >= 15 is 0 Å². The van der Waals surface area contributed by atoms with E-state index in [1.165, 1.54) is 31.3 Å². The second-order valence-electron chi connectivity index (χ2n) is 3.32. The van der Waals surface area contributed by atoms with Crippen molar-refractivity contribution in [1.29, 1.82) is 0 Å². The van der Waals surface area contributed by atoms with E-state index in [0.29, 0.717) is 0 Å². The Morgan fingerprint density at radius 1 is 1.18 bits per heavy atom. The van der Waals surface area contributed by atoms with Crippen LogP contribution in [0.1, 0.15) is 52.9 Å². The van der Waals surface area contributed by atoms with Gasteiger partial charge in [0.1, 0.15) is 0 Å². The summed E-state index contributed by atoms with van der Waals surface area (Å²) in [5, 5.41) is 0. The predicted molar refractivity (Wildman–Crippen MR) is 52.7 cm³/mol. The maximum Gasteiger partial charge on any atom is -0.0320 e. The van der Waals surface area contributed by atoms with Gasteiger partial charge in [0, 0.05) is 0 Å². The van der Waals surface area contributed by atoms with E-state index in [4.69, 9.17) is 0 Å². The average molecular weight is 154 g/mol. The molecule has 0 aliphatic rings. The summed E-state index contributed by atoms with van der Waals surface area (Å²) in [6, 6.07) is 0. The second-order valence-corrected chi connectivity index (χ2v) is 3.32. The fraction of sp³-hybridized carbons (Fsp3) is 0.818. The Morgan fingerprint density at radius 2 is 1.73 bits per heavy atom. The standard InChI is InChI=1S/C11H22/c1-5-10(4)8-9-11(6-2)7-3/h11H,4-9H2,1-3H3. The Labute approximate surface area is 71.7 Å². The van der Waals surface area contributed by atoms with Crippen LogP contribution in [0.4, 0.5) is 0 Å². The van der Waals surface area contributed by atoms with Gasteiger partial charge >= 0.3 is 0 Å². The monoisotopic (exact) mass is 154 g/mol. The predicted octanol–water partition coefficient (Wildman–Crippen LogP) is 4.17. The van der Waals surface area contributed by atoms with Gasteiger partial charge < -0.3 is 0 Å². The summed E-state index contributed by atoms with van der Waals surface area (Å²) < 4.78 is 0. The molecule has 0 nitrogen and oxygen atoms in total. The zero-order chi connectivity index (χ0) is 8.69.